The zero-order valence-electron chi connectivity index (χ0n) is 14.1. The molecule has 3 heterocycles. The number of hydrogen-bond acceptors (Lipinski definition) is 4. The molecule has 0 spiro atoms. The number of aryl methyl sites for hydroxylation is 1. The van der Waals surface area contributed by atoms with E-state index >= 15 is 0 Å². The van der Waals surface area contributed by atoms with Gasteiger partial charge in [0.1, 0.15) is 11.9 Å². The highest BCUT2D eigenvalue weighted by molar-refractivity contribution is 5.79. The Morgan fingerprint density at radius 3 is 3.13 bits per heavy atom. The molecule has 3 rings (SSSR count). The van der Waals surface area contributed by atoms with E-state index in [-0.39, 0.29) is 30.0 Å². The first-order chi connectivity index (χ1) is 11.2. The van der Waals surface area contributed by atoms with Gasteiger partial charge >= 0.3 is 0 Å². The van der Waals surface area contributed by atoms with E-state index < -0.39 is 0 Å². The molecule has 0 aromatic carbocycles. The van der Waals surface area contributed by atoms with Crippen molar-refractivity contribution in [3.05, 3.63) is 18.2 Å². The van der Waals surface area contributed by atoms with Crippen molar-refractivity contribution in [2.75, 3.05) is 13.2 Å². The number of imidazole rings is 1. The summed E-state index contributed by atoms with van der Waals surface area (Å²) in [6.07, 6.45) is 7.58. The van der Waals surface area contributed by atoms with Gasteiger partial charge in [-0.05, 0) is 46.1 Å². The molecule has 6 heteroatoms. The van der Waals surface area contributed by atoms with Crippen molar-refractivity contribution in [1.82, 2.24) is 20.2 Å². The minimum absolute atomic E-state index is 0.0121. The second-order valence-electron chi connectivity index (χ2n) is 6.61. The van der Waals surface area contributed by atoms with E-state index in [1.165, 1.54) is 0 Å². The number of ether oxygens (including phenoxy) is 1. The van der Waals surface area contributed by atoms with Crippen LogP contribution >= 0.6 is 0 Å². The first kappa shape index (κ1) is 16.5. The molecule has 2 fully saturated rings. The first-order valence-corrected chi connectivity index (χ1v) is 8.87. The summed E-state index contributed by atoms with van der Waals surface area (Å²) < 4.78 is 8.08. The van der Waals surface area contributed by atoms with E-state index in [2.05, 4.69) is 34.0 Å². The van der Waals surface area contributed by atoms with Crippen LogP contribution in [0.2, 0.25) is 0 Å². The van der Waals surface area contributed by atoms with Crippen molar-refractivity contribution in [2.45, 2.75) is 64.3 Å². The zero-order valence-corrected chi connectivity index (χ0v) is 14.1. The van der Waals surface area contributed by atoms with E-state index in [0.29, 0.717) is 0 Å². The zero-order chi connectivity index (χ0) is 16.2. The van der Waals surface area contributed by atoms with Crippen LogP contribution in [0.4, 0.5) is 0 Å². The Morgan fingerprint density at radius 1 is 1.48 bits per heavy atom. The molecular formula is C17H28N4O2. The average Bonchev–Trinajstić information content (AvgIpc) is 3.04. The van der Waals surface area contributed by atoms with Crippen molar-refractivity contribution in [2.24, 2.45) is 5.92 Å². The molecule has 128 valence electrons. The predicted octanol–water partition coefficient (Wildman–Crippen LogP) is 1.63. The molecule has 2 aliphatic rings. The van der Waals surface area contributed by atoms with Crippen molar-refractivity contribution >= 4 is 5.91 Å². The van der Waals surface area contributed by atoms with E-state index in [1.807, 2.05) is 12.4 Å². The highest BCUT2D eigenvalue weighted by atomic mass is 16.5. The quantitative estimate of drug-likeness (QED) is 0.885. The maximum atomic E-state index is 12.7. The summed E-state index contributed by atoms with van der Waals surface area (Å²) in [5.74, 6) is 1.13. The summed E-state index contributed by atoms with van der Waals surface area (Å²) in [4.78, 5) is 17.2. The minimum Gasteiger partial charge on any atom is -0.368 e. The van der Waals surface area contributed by atoms with Crippen molar-refractivity contribution in [3.8, 4) is 0 Å². The molecule has 4 atom stereocenters. The van der Waals surface area contributed by atoms with Gasteiger partial charge in [0.05, 0.1) is 12.0 Å². The topological polar surface area (TPSA) is 68.2 Å². The predicted molar refractivity (Wildman–Crippen MR) is 87.9 cm³/mol. The molecule has 0 aliphatic carbocycles. The lowest BCUT2D eigenvalue weighted by Crippen LogP contribution is -2.51. The van der Waals surface area contributed by atoms with Gasteiger partial charge in [0.15, 0.2) is 0 Å². The Morgan fingerprint density at radius 2 is 2.35 bits per heavy atom. The van der Waals surface area contributed by atoms with Crippen LogP contribution in [0.15, 0.2) is 12.4 Å². The lowest BCUT2D eigenvalue weighted by atomic mass is 9.90. The first-order valence-electron chi connectivity index (χ1n) is 8.87. The number of carbonyl (C=O) groups excluding carboxylic acids is 1. The number of amides is 1. The molecule has 2 unspecified atom stereocenters. The number of aromatic nitrogens is 2. The molecule has 2 N–H and O–H groups in total. The number of nitrogens with one attached hydrogen (secondary N) is 2. The summed E-state index contributed by atoms with van der Waals surface area (Å²) in [7, 11) is 0. The normalized spacial score (nSPS) is 31.7. The summed E-state index contributed by atoms with van der Waals surface area (Å²) in [6.45, 7) is 6.79. The van der Waals surface area contributed by atoms with E-state index in [9.17, 15) is 4.79 Å². The van der Waals surface area contributed by atoms with Crippen LogP contribution in [0, 0.1) is 5.92 Å². The van der Waals surface area contributed by atoms with Gasteiger partial charge in [-0.15, -0.1) is 0 Å². The van der Waals surface area contributed by atoms with E-state index in [1.54, 1.807) is 0 Å². The molecule has 0 saturated carbocycles. The molecular weight excluding hydrogens is 292 g/mol. The average molecular weight is 320 g/mol. The maximum Gasteiger partial charge on any atom is 0.224 e. The van der Waals surface area contributed by atoms with Gasteiger partial charge in [0, 0.05) is 31.6 Å². The summed E-state index contributed by atoms with van der Waals surface area (Å²) in [5, 5.41) is 6.65. The van der Waals surface area contributed by atoms with Crippen molar-refractivity contribution in [3.63, 3.8) is 0 Å². The number of carbonyl (C=O) groups is 1. The number of hydrogen-bond donors (Lipinski definition) is 2. The van der Waals surface area contributed by atoms with E-state index in [4.69, 9.17) is 4.74 Å². The molecule has 0 bridgehead atoms. The lowest BCUT2D eigenvalue weighted by Gasteiger charge is -2.35. The van der Waals surface area contributed by atoms with Crippen molar-refractivity contribution < 1.29 is 9.53 Å². The minimum atomic E-state index is -0.144. The molecule has 1 aromatic rings. The van der Waals surface area contributed by atoms with Crippen LogP contribution in [0.3, 0.4) is 0 Å². The third-order valence-corrected chi connectivity index (χ3v) is 5.09. The van der Waals surface area contributed by atoms with Crippen LogP contribution in [0.25, 0.3) is 0 Å². The number of nitrogens with zero attached hydrogens (tertiary/aromatic N) is 2. The highest BCUT2D eigenvalue weighted by Crippen LogP contribution is 2.28. The van der Waals surface area contributed by atoms with E-state index in [0.717, 1.165) is 51.2 Å². The molecule has 2 saturated heterocycles. The third-order valence-electron chi connectivity index (χ3n) is 5.09. The van der Waals surface area contributed by atoms with Gasteiger partial charge in [-0.1, -0.05) is 0 Å². The van der Waals surface area contributed by atoms with Gasteiger partial charge in [-0.2, -0.15) is 0 Å². The Bertz CT molecular complexity index is 530. The molecule has 0 radical (unpaired) electrons. The van der Waals surface area contributed by atoms with Crippen LogP contribution in [-0.4, -0.2) is 40.7 Å². The van der Waals surface area contributed by atoms with Crippen LogP contribution < -0.4 is 10.6 Å². The SMILES string of the molecule is CCn1ccnc1[C@H]1OCCC[C@@H]1NC(=O)C1CCCNC1C. The second kappa shape index (κ2) is 7.45. The Hall–Kier alpha value is -1.40. The van der Waals surface area contributed by atoms with Crippen molar-refractivity contribution in [1.29, 1.82) is 0 Å². The molecule has 6 nitrogen and oxygen atoms in total. The standard InChI is InChI=1S/C17H28N4O2/c1-3-21-10-9-19-16(21)15-14(7-5-11-23-15)20-17(22)13-6-4-8-18-12(13)2/h9-10,12-15,18H,3-8,11H2,1-2H3,(H,20,22)/t12?,13?,14-,15-/m0/s1. The van der Waals surface area contributed by atoms with Gasteiger partial charge in [0.2, 0.25) is 5.91 Å². The third kappa shape index (κ3) is 3.58. The Balaban J connectivity index is 1.70. The Labute approximate surface area is 138 Å². The van der Waals surface area contributed by atoms with Gasteiger partial charge in [0.25, 0.3) is 0 Å². The smallest absolute Gasteiger partial charge is 0.224 e. The van der Waals surface area contributed by atoms with Gasteiger partial charge in [-0.25, -0.2) is 4.98 Å². The monoisotopic (exact) mass is 320 g/mol. The fourth-order valence-corrected chi connectivity index (χ4v) is 3.72. The molecule has 2 aliphatic heterocycles. The molecule has 1 amide bonds. The lowest BCUT2D eigenvalue weighted by molar-refractivity contribution is -0.129. The van der Waals surface area contributed by atoms with Crippen LogP contribution in [-0.2, 0) is 16.1 Å². The Kier molecular flexibility index (Phi) is 5.33. The van der Waals surface area contributed by atoms with Gasteiger partial charge < -0.3 is 19.9 Å². The molecule has 1 aromatic heterocycles. The fourth-order valence-electron chi connectivity index (χ4n) is 3.72. The maximum absolute atomic E-state index is 12.7. The molecule has 23 heavy (non-hydrogen) atoms. The largest absolute Gasteiger partial charge is 0.368 e. The summed E-state index contributed by atoms with van der Waals surface area (Å²) in [6, 6.07) is 0.252. The fraction of sp³-hybridized carbons (Fsp3) is 0.765. The summed E-state index contributed by atoms with van der Waals surface area (Å²) >= 11 is 0. The highest BCUT2D eigenvalue weighted by Gasteiger charge is 2.35. The number of rotatable bonds is 4. The number of piperidine rings is 1. The second-order valence-corrected chi connectivity index (χ2v) is 6.61. The van der Waals surface area contributed by atoms with Crippen LogP contribution in [0.1, 0.15) is 51.5 Å². The van der Waals surface area contributed by atoms with Crippen LogP contribution in [0.5, 0.6) is 0 Å². The summed E-state index contributed by atoms with van der Waals surface area (Å²) in [5.41, 5.74) is 0. The van der Waals surface area contributed by atoms with Gasteiger partial charge in [-0.3, -0.25) is 4.79 Å².